The third-order valence-corrected chi connectivity index (χ3v) is 16.7. The minimum atomic E-state index is 0. The Morgan fingerprint density at radius 1 is 0.176 bits per heavy atom. The van der Waals surface area contributed by atoms with Gasteiger partial charge in [-0.05, 0) is 75.5 Å². The van der Waals surface area contributed by atoms with Crippen molar-refractivity contribution in [3.63, 3.8) is 0 Å². The van der Waals surface area contributed by atoms with Gasteiger partial charge in [0.05, 0.1) is 0 Å². The molecular weight excluding hydrogens is 697 g/mol. The first-order chi connectivity index (χ1) is 24.7. The van der Waals surface area contributed by atoms with Crippen LogP contribution in [-0.4, -0.2) is 37.0 Å². The van der Waals surface area contributed by atoms with Crippen molar-refractivity contribution in [2.75, 3.05) is 37.0 Å². The Hall–Kier alpha value is 1.35. The molecule has 0 atom stereocenters. The second kappa shape index (κ2) is 53.5. The third kappa shape index (κ3) is 51.4. The Balaban J connectivity index is -0.000000886. The topological polar surface area (TPSA) is 0 Å². The van der Waals surface area contributed by atoms with Gasteiger partial charge in [0.15, 0.2) is 0 Å². The molecule has 0 rings (SSSR count). The van der Waals surface area contributed by atoms with Crippen molar-refractivity contribution in [3.8, 4) is 0 Å². The molecule has 0 aromatic heterocycles. The van der Waals surface area contributed by atoms with E-state index < -0.39 is 0 Å². The van der Waals surface area contributed by atoms with Crippen LogP contribution in [0.15, 0.2) is 0 Å². The predicted octanol–water partition coefficient (Wildman–Crippen LogP) is 19.1. The molecule has 3 heteroatoms. The number of rotatable bonds is 42. The largest absolute Gasteiger partial charge is 0.107 e. The molecule has 0 radical (unpaired) electrons. The third-order valence-electron chi connectivity index (χ3n) is 11.0. The van der Waals surface area contributed by atoms with Crippen LogP contribution < -0.4 is 0 Å². The zero-order valence-electron chi connectivity index (χ0n) is 36.9. The fourth-order valence-electron chi connectivity index (χ4n) is 7.37. The molecule has 0 fully saturated rings. The van der Waals surface area contributed by atoms with Gasteiger partial charge in [-0.2, -0.15) is 0 Å². The number of unbranched alkanes of at least 4 members (excludes halogenated alkanes) is 30. The van der Waals surface area contributed by atoms with Crippen LogP contribution in [0, 0.1) is 0 Å². The van der Waals surface area contributed by atoms with Crippen molar-refractivity contribution in [1.82, 2.24) is 0 Å². The predicted molar refractivity (Wildman–Crippen MR) is 243 cm³/mol. The van der Waals surface area contributed by atoms with Crippen LogP contribution in [-0.2, 0) is 16.5 Å². The van der Waals surface area contributed by atoms with E-state index in [4.69, 9.17) is 0 Å². The first-order valence-electron chi connectivity index (χ1n) is 24.1. The van der Waals surface area contributed by atoms with E-state index in [9.17, 15) is 0 Å². The summed E-state index contributed by atoms with van der Waals surface area (Å²) in [5.41, 5.74) is 0. The minimum Gasteiger partial charge on any atom is -0.107 e. The standard InChI is InChI=1S/2C24H51P.Ni/c2*1-4-7-10-13-16-19-22-25(23-20-17-14-11-8-5-2)24-21-18-15-12-9-6-3;/h2*4-24H2,1-3H3;. The second-order valence-electron chi connectivity index (χ2n) is 16.3. The molecule has 0 saturated carbocycles. The van der Waals surface area contributed by atoms with Crippen LogP contribution in [0.1, 0.15) is 273 Å². The van der Waals surface area contributed by atoms with Gasteiger partial charge in [0.2, 0.25) is 0 Å². The van der Waals surface area contributed by atoms with E-state index in [0.717, 1.165) is 0 Å². The van der Waals surface area contributed by atoms with Crippen molar-refractivity contribution in [1.29, 1.82) is 0 Å². The van der Waals surface area contributed by atoms with Gasteiger partial charge in [-0.1, -0.05) is 234 Å². The van der Waals surface area contributed by atoms with E-state index in [1.54, 1.807) is 37.0 Å². The van der Waals surface area contributed by atoms with Gasteiger partial charge in [-0.15, -0.1) is 15.8 Å². The summed E-state index contributed by atoms with van der Waals surface area (Å²) < 4.78 is 0. The summed E-state index contributed by atoms with van der Waals surface area (Å²) in [5, 5.41) is 0. The van der Waals surface area contributed by atoms with Crippen LogP contribution in [0.5, 0.6) is 0 Å². The molecule has 0 aliphatic heterocycles. The van der Waals surface area contributed by atoms with E-state index >= 15 is 0 Å². The summed E-state index contributed by atoms with van der Waals surface area (Å²) in [6.45, 7) is 13.9. The fourth-order valence-corrected chi connectivity index (χ4v) is 12.7. The Morgan fingerprint density at radius 3 is 0.431 bits per heavy atom. The molecule has 0 saturated heterocycles. The van der Waals surface area contributed by atoms with Crippen molar-refractivity contribution in [2.24, 2.45) is 0 Å². The molecule has 0 aromatic carbocycles. The molecule has 0 heterocycles. The maximum Gasteiger partial charge on any atom is 0 e. The van der Waals surface area contributed by atoms with E-state index in [2.05, 4.69) is 41.5 Å². The minimum absolute atomic E-state index is 0. The molecule has 51 heavy (non-hydrogen) atoms. The zero-order chi connectivity index (χ0) is 36.9. The average Bonchev–Trinajstić information content (AvgIpc) is 3.13. The van der Waals surface area contributed by atoms with Gasteiger partial charge in [-0.3, -0.25) is 0 Å². The van der Waals surface area contributed by atoms with Crippen molar-refractivity contribution in [2.45, 2.75) is 273 Å². The van der Waals surface area contributed by atoms with Gasteiger partial charge in [0.25, 0.3) is 0 Å². The summed E-state index contributed by atoms with van der Waals surface area (Å²) in [5.74, 6) is 0. The summed E-state index contributed by atoms with van der Waals surface area (Å²) in [7, 11) is 0.732. The van der Waals surface area contributed by atoms with Crippen LogP contribution >= 0.6 is 15.8 Å². The van der Waals surface area contributed by atoms with Crippen LogP contribution in [0.2, 0.25) is 0 Å². The summed E-state index contributed by atoms with van der Waals surface area (Å²) in [6.07, 6.45) is 62.5. The van der Waals surface area contributed by atoms with Crippen molar-refractivity contribution >= 4 is 15.8 Å². The van der Waals surface area contributed by atoms with E-state index in [1.807, 2.05) is 0 Å². The van der Waals surface area contributed by atoms with Gasteiger partial charge in [-0.25, -0.2) is 0 Å². The molecule has 0 unspecified atom stereocenters. The number of hydrogen-bond acceptors (Lipinski definition) is 0. The Kier molecular flexibility index (Phi) is 59.4. The normalized spacial score (nSPS) is 11.3. The monoisotopic (exact) mass is 799 g/mol. The summed E-state index contributed by atoms with van der Waals surface area (Å²) >= 11 is 0. The molecule has 0 amide bonds. The van der Waals surface area contributed by atoms with Crippen LogP contribution in [0.3, 0.4) is 0 Å². The molecule has 0 aromatic rings. The van der Waals surface area contributed by atoms with Gasteiger partial charge < -0.3 is 0 Å². The Morgan fingerprint density at radius 2 is 0.294 bits per heavy atom. The van der Waals surface area contributed by atoms with E-state index in [0.29, 0.717) is 15.8 Å². The quantitative estimate of drug-likeness (QED) is 0.0328. The van der Waals surface area contributed by atoms with Gasteiger partial charge >= 0.3 is 0 Å². The molecule has 0 N–H and O–H groups in total. The maximum absolute atomic E-state index is 2.32. The van der Waals surface area contributed by atoms with Crippen molar-refractivity contribution < 1.29 is 16.5 Å². The molecule has 0 bridgehead atoms. The molecular formula is C48H102NiP2. The van der Waals surface area contributed by atoms with Crippen molar-refractivity contribution in [3.05, 3.63) is 0 Å². The van der Waals surface area contributed by atoms with Gasteiger partial charge in [0, 0.05) is 16.5 Å². The molecule has 0 nitrogen and oxygen atoms in total. The number of hydrogen-bond donors (Lipinski definition) is 0. The Labute approximate surface area is 340 Å². The molecule has 0 aliphatic rings. The summed E-state index contributed by atoms with van der Waals surface area (Å²) in [6, 6.07) is 0. The first kappa shape index (κ1) is 56.7. The first-order valence-corrected chi connectivity index (χ1v) is 27.9. The maximum atomic E-state index is 2.32. The summed E-state index contributed by atoms with van der Waals surface area (Å²) in [4.78, 5) is 0. The zero-order valence-corrected chi connectivity index (χ0v) is 39.7. The smallest absolute Gasteiger partial charge is 0 e. The van der Waals surface area contributed by atoms with E-state index in [-0.39, 0.29) is 16.5 Å². The fraction of sp³-hybridized carbons (Fsp3) is 1.00. The van der Waals surface area contributed by atoms with Crippen LogP contribution in [0.25, 0.3) is 0 Å². The Bertz CT molecular complexity index is 431. The molecule has 0 spiro atoms. The second-order valence-corrected chi connectivity index (χ2v) is 21.7. The van der Waals surface area contributed by atoms with E-state index in [1.165, 1.54) is 231 Å². The van der Waals surface area contributed by atoms with Crippen LogP contribution in [0.4, 0.5) is 0 Å². The molecule has 0 aliphatic carbocycles. The SMILES string of the molecule is CCCCCCCCP(CCCCCCCC)CCCCCCCC.CCCCCCCCP(CCCCCCCC)CCCCCCCC.[Ni]. The molecule has 314 valence electrons. The average molecular weight is 800 g/mol. The van der Waals surface area contributed by atoms with Gasteiger partial charge in [0.1, 0.15) is 0 Å².